The Labute approximate surface area is 160 Å². The van der Waals surface area contributed by atoms with Crippen LogP contribution in [0.15, 0.2) is 0 Å². The third-order valence-corrected chi connectivity index (χ3v) is 7.59. The Bertz CT molecular complexity index is 465. The zero-order valence-electron chi connectivity index (χ0n) is 17.0. The molecule has 0 saturated heterocycles. The third kappa shape index (κ3) is 5.73. The van der Waals surface area contributed by atoms with Crippen LogP contribution in [0.5, 0.6) is 0 Å². The van der Waals surface area contributed by atoms with E-state index in [-0.39, 0.29) is 12.3 Å². The predicted molar refractivity (Wildman–Crippen MR) is 106 cm³/mol. The third-order valence-electron chi connectivity index (χ3n) is 7.59. The van der Waals surface area contributed by atoms with E-state index in [4.69, 9.17) is 5.11 Å². The molecule has 2 saturated carbocycles. The SMILES string of the molecule is CCCCCCC1CCC(C2CCC(C#N)([C@H](C)CC(=O)O)CC2)CC1. The van der Waals surface area contributed by atoms with E-state index in [0.29, 0.717) is 0 Å². The van der Waals surface area contributed by atoms with Crippen molar-refractivity contribution in [2.75, 3.05) is 0 Å². The van der Waals surface area contributed by atoms with Gasteiger partial charge in [0.25, 0.3) is 0 Å². The molecule has 0 aromatic carbocycles. The zero-order valence-corrected chi connectivity index (χ0v) is 17.0. The van der Waals surface area contributed by atoms with Crippen LogP contribution in [0.3, 0.4) is 0 Å². The Hall–Kier alpha value is -1.04. The Morgan fingerprint density at radius 3 is 2.23 bits per heavy atom. The molecule has 26 heavy (non-hydrogen) atoms. The lowest BCUT2D eigenvalue weighted by Crippen LogP contribution is -2.36. The summed E-state index contributed by atoms with van der Waals surface area (Å²) in [5.41, 5.74) is -0.397. The molecule has 148 valence electrons. The summed E-state index contributed by atoms with van der Waals surface area (Å²) in [6.07, 6.45) is 16.7. The van der Waals surface area contributed by atoms with Crippen molar-refractivity contribution in [3.8, 4) is 6.07 Å². The lowest BCUT2D eigenvalue weighted by Gasteiger charge is -2.43. The summed E-state index contributed by atoms with van der Waals surface area (Å²) in [4.78, 5) is 11.1. The van der Waals surface area contributed by atoms with Crippen molar-refractivity contribution in [2.24, 2.45) is 29.1 Å². The van der Waals surface area contributed by atoms with Crippen molar-refractivity contribution in [3.63, 3.8) is 0 Å². The van der Waals surface area contributed by atoms with Gasteiger partial charge < -0.3 is 5.11 Å². The maximum atomic E-state index is 11.1. The summed E-state index contributed by atoms with van der Waals surface area (Å²) in [5.74, 6) is 1.78. The molecule has 0 amide bonds. The molecule has 3 heteroatoms. The first-order valence-electron chi connectivity index (χ1n) is 11.1. The average Bonchev–Trinajstić information content (AvgIpc) is 2.65. The molecular formula is C23H39NO2. The normalized spacial score (nSPS) is 33.3. The quantitative estimate of drug-likeness (QED) is 0.472. The highest BCUT2D eigenvalue weighted by Crippen LogP contribution is 2.49. The van der Waals surface area contributed by atoms with Gasteiger partial charge in [-0.1, -0.05) is 58.8 Å². The van der Waals surface area contributed by atoms with E-state index in [1.165, 1.54) is 57.8 Å². The van der Waals surface area contributed by atoms with Crippen LogP contribution in [-0.2, 0) is 4.79 Å². The van der Waals surface area contributed by atoms with Crippen molar-refractivity contribution < 1.29 is 9.90 Å². The van der Waals surface area contributed by atoms with E-state index in [0.717, 1.165) is 43.4 Å². The van der Waals surface area contributed by atoms with Crippen LogP contribution in [0.4, 0.5) is 0 Å². The zero-order chi connectivity index (χ0) is 19.0. The molecule has 0 spiro atoms. The van der Waals surface area contributed by atoms with Crippen molar-refractivity contribution in [1.82, 2.24) is 0 Å². The molecule has 2 rings (SSSR count). The second-order valence-electron chi connectivity index (χ2n) is 9.23. The summed E-state index contributed by atoms with van der Waals surface area (Å²) < 4.78 is 0. The first-order valence-corrected chi connectivity index (χ1v) is 11.1. The summed E-state index contributed by atoms with van der Waals surface area (Å²) in [7, 11) is 0. The molecule has 0 unspecified atom stereocenters. The minimum atomic E-state index is -0.772. The number of nitrogens with zero attached hydrogens (tertiary/aromatic N) is 1. The second-order valence-corrected chi connectivity index (χ2v) is 9.23. The number of hydrogen-bond acceptors (Lipinski definition) is 2. The molecule has 0 aromatic rings. The molecule has 3 nitrogen and oxygen atoms in total. The van der Waals surface area contributed by atoms with Crippen LogP contribution in [0.1, 0.15) is 104 Å². The van der Waals surface area contributed by atoms with Crippen molar-refractivity contribution in [2.45, 2.75) is 104 Å². The highest BCUT2D eigenvalue weighted by atomic mass is 16.4. The second kappa shape index (κ2) is 10.3. The number of carboxylic acids is 1. The number of hydrogen-bond donors (Lipinski definition) is 1. The van der Waals surface area contributed by atoms with Gasteiger partial charge in [-0.25, -0.2) is 0 Å². The molecular weight excluding hydrogens is 322 g/mol. The van der Waals surface area contributed by atoms with E-state index >= 15 is 0 Å². The lowest BCUT2D eigenvalue weighted by atomic mass is 9.60. The summed E-state index contributed by atoms with van der Waals surface area (Å²) >= 11 is 0. The van der Waals surface area contributed by atoms with Gasteiger partial charge in [-0.15, -0.1) is 0 Å². The first kappa shape index (κ1) is 21.3. The number of carboxylic acid groups (broad SMARTS) is 1. The minimum absolute atomic E-state index is 0.0372. The Morgan fingerprint density at radius 1 is 1.08 bits per heavy atom. The number of carbonyl (C=O) groups is 1. The fourth-order valence-corrected chi connectivity index (χ4v) is 5.61. The van der Waals surface area contributed by atoms with Crippen molar-refractivity contribution >= 4 is 5.97 Å². The number of nitriles is 1. The van der Waals surface area contributed by atoms with Crippen molar-refractivity contribution in [3.05, 3.63) is 0 Å². The van der Waals surface area contributed by atoms with Crippen LogP contribution in [-0.4, -0.2) is 11.1 Å². The number of rotatable bonds is 9. The molecule has 0 radical (unpaired) electrons. The van der Waals surface area contributed by atoms with Gasteiger partial charge >= 0.3 is 5.97 Å². The Balaban J connectivity index is 1.75. The molecule has 0 aromatic heterocycles. The minimum Gasteiger partial charge on any atom is -0.481 e. The Morgan fingerprint density at radius 2 is 1.69 bits per heavy atom. The van der Waals surface area contributed by atoms with Gasteiger partial charge in [0.15, 0.2) is 0 Å². The summed E-state index contributed by atoms with van der Waals surface area (Å²) in [6.45, 7) is 4.24. The fraction of sp³-hybridized carbons (Fsp3) is 0.913. The molecule has 0 aliphatic heterocycles. The highest BCUT2D eigenvalue weighted by molar-refractivity contribution is 5.67. The maximum Gasteiger partial charge on any atom is 0.303 e. The molecule has 2 fully saturated rings. The van der Waals surface area contributed by atoms with Gasteiger partial charge in [-0.2, -0.15) is 5.26 Å². The van der Waals surface area contributed by atoms with Gasteiger partial charge in [0, 0.05) is 6.42 Å². The standard InChI is InChI=1S/C23H39NO2/c1-3-4-5-6-7-19-8-10-20(11-9-19)21-12-14-23(17-24,15-13-21)18(2)16-22(25)26/h18-21H,3-16H2,1-2H3,(H,25,26)/t18-,19?,20?,21?,23?/m1/s1. The average molecular weight is 362 g/mol. The number of aliphatic carboxylic acids is 1. The number of unbranched alkanes of at least 4 members (excludes halogenated alkanes) is 3. The molecule has 1 N–H and O–H groups in total. The van der Waals surface area contributed by atoms with Crippen LogP contribution < -0.4 is 0 Å². The van der Waals surface area contributed by atoms with E-state index in [9.17, 15) is 10.1 Å². The van der Waals surface area contributed by atoms with Crippen LogP contribution in [0.2, 0.25) is 0 Å². The van der Waals surface area contributed by atoms with Crippen molar-refractivity contribution in [1.29, 1.82) is 5.26 Å². The van der Waals surface area contributed by atoms with Gasteiger partial charge in [-0.05, 0) is 62.2 Å². The van der Waals surface area contributed by atoms with Crippen LogP contribution >= 0.6 is 0 Å². The molecule has 2 aliphatic carbocycles. The smallest absolute Gasteiger partial charge is 0.303 e. The molecule has 0 heterocycles. The van der Waals surface area contributed by atoms with Gasteiger partial charge in [-0.3, -0.25) is 4.79 Å². The van der Waals surface area contributed by atoms with E-state index in [1.54, 1.807) is 0 Å². The Kier molecular flexibility index (Phi) is 8.45. The topological polar surface area (TPSA) is 61.1 Å². The molecule has 2 aliphatic rings. The van der Waals surface area contributed by atoms with Gasteiger partial charge in [0.1, 0.15) is 0 Å². The van der Waals surface area contributed by atoms with E-state index in [2.05, 4.69) is 13.0 Å². The monoisotopic (exact) mass is 361 g/mol. The molecule has 0 bridgehead atoms. The van der Waals surface area contributed by atoms with Crippen LogP contribution in [0, 0.1) is 40.4 Å². The van der Waals surface area contributed by atoms with Gasteiger partial charge in [0.05, 0.1) is 11.5 Å². The van der Waals surface area contributed by atoms with Crippen LogP contribution in [0.25, 0.3) is 0 Å². The first-order chi connectivity index (χ1) is 12.5. The van der Waals surface area contributed by atoms with E-state index < -0.39 is 11.4 Å². The molecule has 1 atom stereocenters. The lowest BCUT2D eigenvalue weighted by molar-refractivity contribution is -0.139. The van der Waals surface area contributed by atoms with E-state index in [1.807, 2.05) is 6.92 Å². The largest absolute Gasteiger partial charge is 0.481 e. The predicted octanol–water partition coefficient (Wildman–Crippen LogP) is 6.57. The highest BCUT2D eigenvalue weighted by Gasteiger charge is 2.42. The van der Waals surface area contributed by atoms with Gasteiger partial charge in [0.2, 0.25) is 0 Å². The summed E-state index contributed by atoms with van der Waals surface area (Å²) in [5, 5.41) is 18.8. The summed E-state index contributed by atoms with van der Waals surface area (Å²) in [6, 6.07) is 2.52. The maximum absolute atomic E-state index is 11.1. The fourth-order valence-electron chi connectivity index (χ4n) is 5.61.